The fourth-order valence-corrected chi connectivity index (χ4v) is 1.30. The monoisotopic (exact) mass is 307 g/mol. The zero-order valence-corrected chi connectivity index (χ0v) is 10.7. The molecule has 0 N–H and O–H groups in total. The van der Waals surface area contributed by atoms with Gasteiger partial charge in [-0.1, -0.05) is 0 Å². The average molecular weight is 307 g/mol. The molecule has 0 saturated carbocycles. The lowest BCUT2D eigenvalue weighted by Crippen LogP contribution is -3.00. The summed E-state index contributed by atoms with van der Waals surface area (Å²) in [6.45, 7) is 0.343. The number of quaternary nitrogens is 1. The maximum absolute atomic E-state index is 5.30. The Hall–Kier alpha value is -0.490. The average Bonchev–Trinajstić information content (AvgIpc) is 2.47. The van der Waals surface area contributed by atoms with Crippen LogP contribution in [0.5, 0.6) is 11.5 Å². The second kappa shape index (κ2) is 3.94. The summed E-state index contributed by atoms with van der Waals surface area (Å²) in [5.74, 6) is 1.70. The van der Waals surface area contributed by atoms with E-state index in [4.69, 9.17) is 9.47 Å². The molecule has 1 heterocycles. The van der Waals surface area contributed by atoms with Crippen LogP contribution in [-0.2, 0) is 0 Å². The van der Waals surface area contributed by atoms with Crippen molar-refractivity contribution >= 4 is 5.69 Å². The summed E-state index contributed by atoms with van der Waals surface area (Å²) < 4.78 is 11.3. The topological polar surface area (TPSA) is 18.5 Å². The largest absolute Gasteiger partial charge is 1.00 e. The molecule has 1 aliphatic heterocycles. The van der Waals surface area contributed by atoms with E-state index >= 15 is 0 Å². The van der Waals surface area contributed by atoms with E-state index in [1.54, 1.807) is 0 Å². The standard InChI is InChI=1S/C10H14NO2.HI/c1-11(2,3)8-4-5-9-10(6-8)13-7-12-9;/h4-6H,7H2,1-3H3;1H/q+1;/p-1. The van der Waals surface area contributed by atoms with Crippen LogP contribution in [0.3, 0.4) is 0 Å². The first-order valence-electron chi connectivity index (χ1n) is 4.29. The van der Waals surface area contributed by atoms with Crippen LogP contribution in [0.4, 0.5) is 5.69 Å². The number of benzene rings is 1. The Morgan fingerprint density at radius 2 is 1.71 bits per heavy atom. The summed E-state index contributed by atoms with van der Waals surface area (Å²) in [4.78, 5) is 0. The summed E-state index contributed by atoms with van der Waals surface area (Å²) in [6, 6.07) is 6.05. The molecule has 0 saturated heterocycles. The van der Waals surface area contributed by atoms with Gasteiger partial charge in [0, 0.05) is 12.1 Å². The lowest BCUT2D eigenvalue weighted by molar-refractivity contribution is -0.00000447. The fraction of sp³-hybridized carbons (Fsp3) is 0.400. The number of halogens is 1. The number of ether oxygens (including phenoxy) is 2. The number of fused-ring (bicyclic) bond motifs is 1. The van der Waals surface area contributed by atoms with Crippen molar-refractivity contribution in [2.24, 2.45) is 0 Å². The van der Waals surface area contributed by atoms with Gasteiger partial charge in [0.05, 0.1) is 21.1 Å². The third kappa shape index (κ3) is 2.12. The predicted octanol–water partition coefficient (Wildman–Crippen LogP) is -1.38. The second-order valence-corrected chi connectivity index (χ2v) is 4.05. The van der Waals surface area contributed by atoms with Crippen LogP contribution in [0.25, 0.3) is 0 Å². The van der Waals surface area contributed by atoms with Crippen LogP contribution in [0.1, 0.15) is 0 Å². The van der Waals surface area contributed by atoms with E-state index in [9.17, 15) is 0 Å². The molecule has 3 nitrogen and oxygen atoms in total. The van der Waals surface area contributed by atoms with Gasteiger partial charge < -0.3 is 33.5 Å². The van der Waals surface area contributed by atoms with Crippen molar-refractivity contribution < 1.29 is 33.5 Å². The van der Waals surface area contributed by atoms with E-state index in [0.29, 0.717) is 6.79 Å². The summed E-state index contributed by atoms with van der Waals surface area (Å²) in [5, 5.41) is 0. The molecule has 0 fully saturated rings. The molecule has 0 aliphatic carbocycles. The predicted molar refractivity (Wildman–Crippen MR) is 52.1 cm³/mol. The Morgan fingerprint density at radius 1 is 1.07 bits per heavy atom. The van der Waals surface area contributed by atoms with Crippen LogP contribution in [0.15, 0.2) is 18.2 Å². The van der Waals surface area contributed by atoms with Crippen molar-refractivity contribution in [3.63, 3.8) is 0 Å². The van der Waals surface area contributed by atoms with Gasteiger partial charge in [0.1, 0.15) is 5.69 Å². The summed E-state index contributed by atoms with van der Waals surface area (Å²) in [5.41, 5.74) is 1.21. The van der Waals surface area contributed by atoms with E-state index in [2.05, 4.69) is 27.2 Å². The Balaban J connectivity index is 0.000000980. The van der Waals surface area contributed by atoms with Gasteiger partial charge in [0.15, 0.2) is 11.5 Å². The van der Waals surface area contributed by atoms with Gasteiger partial charge in [0.25, 0.3) is 0 Å². The highest BCUT2D eigenvalue weighted by Crippen LogP contribution is 2.35. The first kappa shape index (κ1) is 11.6. The maximum Gasteiger partial charge on any atom is 0.231 e. The second-order valence-electron chi connectivity index (χ2n) is 4.05. The molecule has 0 radical (unpaired) electrons. The van der Waals surface area contributed by atoms with Crippen molar-refractivity contribution in [2.75, 3.05) is 27.9 Å². The number of hydrogen-bond acceptors (Lipinski definition) is 2. The molecule has 14 heavy (non-hydrogen) atoms. The molecule has 1 aromatic rings. The molecule has 1 aromatic carbocycles. The fourth-order valence-electron chi connectivity index (χ4n) is 1.30. The summed E-state index contributed by atoms with van der Waals surface area (Å²) in [6.07, 6.45) is 0. The molecule has 0 unspecified atom stereocenters. The first-order chi connectivity index (χ1) is 6.07. The van der Waals surface area contributed by atoms with Crippen molar-refractivity contribution in [3.05, 3.63) is 18.2 Å². The van der Waals surface area contributed by atoms with E-state index in [1.165, 1.54) is 5.69 Å². The number of rotatable bonds is 1. The van der Waals surface area contributed by atoms with E-state index in [-0.39, 0.29) is 24.0 Å². The van der Waals surface area contributed by atoms with Crippen LogP contribution in [0, 0.1) is 0 Å². The van der Waals surface area contributed by atoms with Gasteiger partial charge in [-0.25, -0.2) is 0 Å². The third-order valence-corrected chi connectivity index (χ3v) is 2.13. The Labute approximate surface area is 101 Å². The van der Waals surface area contributed by atoms with Gasteiger partial charge in [-0.2, -0.15) is 0 Å². The van der Waals surface area contributed by atoms with Gasteiger partial charge in [0.2, 0.25) is 6.79 Å². The molecule has 0 aromatic heterocycles. The van der Waals surface area contributed by atoms with Crippen molar-refractivity contribution in [1.29, 1.82) is 0 Å². The highest BCUT2D eigenvalue weighted by molar-refractivity contribution is 5.54. The SMILES string of the molecule is C[N+](C)(C)c1ccc2c(c1)OCO2.[I-]. The van der Waals surface area contributed by atoms with E-state index in [0.717, 1.165) is 16.0 Å². The molecule has 0 bridgehead atoms. The van der Waals surface area contributed by atoms with Gasteiger partial charge >= 0.3 is 0 Å². The van der Waals surface area contributed by atoms with E-state index < -0.39 is 0 Å². The minimum atomic E-state index is 0. The minimum absolute atomic E-state index is 0. The summed E-state index contributed by atoms with van der Waals surface area (Å²) >= 11 is 0. The zero-order chi connectivity index (χ0) is 9.47. The third-order valence-electron chi connectivity index (χ3n) is 2.13. The lowest BCUT2D eigenvalue weighted by Gasteiger charge is -2.23. The smallest absolute Gasteiger partial charge is 0.231 e. The Kier molecular flexibility index (Phi) is 3.26. The maximum atomic E-state index is 5.30. The zero-order valence-electron chi connectivity index (χ0n) is 8.58. The molecular weight excluding hydrogens is 293 g/mol. The first-order valence-corrected chi connectivity index (χ1v) is 4.29. The quantitative estimate of drug-likeness (QED) is 0.470. The molecule has 0 amide bonds. The highest BCUT2D eigenvalue weighted by atomic mass is 127. The molecule has 1 aliphatic rings. The molecular formula is C10H14INO2. The molecule has 2 rings (SSSR count). The lowest BCUT2D eigenvalue weighted by atomic mass is 10.2. The van der Waals surface area contributed by atoms with E-state index in [1.807, 2.05) is 12.1 Å². The van der Waals surface area contributed by atoms with Crippen LogP contribution in [-0.4, -0.2) is 27.9 Å². The highest BCUT2D eigenvalue weighted by Gasteiger charge is 2.19. The van der Waals surface area contributed by atoms with Crippen molar-refractivity contribution in [1.82, 2.24) is 4.48 Å². The van der Waals surface area contributed by atoms with Crippen molar-refractivity contribution in [3.8, 4) is 11.5 Å². The van der Waals surface area contributed by atoms with Gasteiger partial charge in [-0.3, -0.25) is 4.48 Å². The van der Waals surface area contributed by atoms with Crippen LogP contribution >= 0.6 is 0 Å². The molecule has 78 valence electrons. The summed E-state index contributed by atoms with van der Waals surface area (Å²) in [7, 11) is 6.37. The normalized spacial score (nSPS) is 13.6. The molecule has 4 heteroatoms. The van der Waals surface area contributed by atoms with Crippen LogP contribution in [0.2, 0.25) is 0 Å². The Morgan fingerprint density at radius 3 is 2.36 bits per heavy atom. The minimum Gasteiger partial charge on any atom is -1.00 e. The van der Waals surface area contributed by atoms with Crippen LogP contribution < -0.4 is 37.9 Å². The Bertz CT molecular complexity index is 333. The number of nitrogens with zero attached hydrogens (tertiary/aromatic N) is 1. The van der Waals surface area contributed by atoms with Gasteiger partial charge in [-0.15, -0.1) is 0 Å². The molecule has 0 atom stereocenters. The van der Waals surface area contributed by atoms with Crippen molar-refractivity contribution in [2.45, 2.75) is 0 Å². The number of hydrogen-bond donors (Lipinski definition) is 0. The van der Waals surface area contributed by atoms with Gasteiger partial charge in [-0.05, 0) is 6.07 Å². The molecule has 0 spiro atoms.